The number of para-hydroxylation sites is 1. The first-order valence-electron chi connectivity index (χ1n) is 10.3. The number of guanidine groups is 1. The number of ether oxygens (including phenoxy) is 1. The van der Waals surface area contributed by atoms with Gasteiger partial charge in [0.05, 0.1) is 18.0 Å². The largest absolute Gasteiger partial charge is 0.493 e. The lowest BCUT2D eigenvalue weighted by molar-refractivity contribution is 0.0957. The van der Waals surface area contributed by atoms with E-state index in [1.807, 2.05) is 42.6 Å². The van der Waals surface area contributed by atoms with Crippen LogP contribution < -0.4 is 20.7 Å². The van der Waals surface area contributed by atoms with E-state index in [1.165, 1.54) is 24.2 Å². The number of rotatable bonds is 11. The molecule has 1 aromatic heterocycles. The average Bonchev–Trinajstić information content (AvgIpc) is 3.40. The van der Waals surface area contributed by atoms with Crippen molar-refractivity contribution in [2.45, 2.75) is 32.7 Å². The first kappa shape index (κ1) is 21.2. The van der Waals surface area contributed by atoms with E-state index < -0.39 is 0 Å². The molecule has 1 heterocycles. The number of nitrogens with one attached hydrogen (secondary N) is 3. The molecule has 1 saturated carbocycles. The third-order valence-electron chi connectivity index (χ3n) is 4.57. The normalized spacial score (nSPS) is 13.8. The quantitative estimate of drug-likeness (QED) is 0.299. The Labute approximate surface area is 176 Å². The molecule has 1 aliphatic rings. The van der Waals surface area contributed by atoms with Crippen LogP contribution in [0.2, 0.25) is 0 Å². The molecule has 29 heavy (non-hydrogen) atoms. The molecule has 2 aromatic rings. The van der Waals surface area contributed by atoms with Crippen LogP contribution in [-0.4, -0.2) is 38.1 Å². The summed E-state index contributed by atoms with van der Waals surface area (Å²) in [5.74, 6) is 2.42. The van der Waals surface area contributed by atoms with Crippen LogP contribution in [0.25, 0.3) is 0 Å². The molecule has 1 aliphatic carbocycles. The molecule has 1 fully saturated rings. The van der Waals surface area contributed by atoms with Gasteiger partial charge < -0.3 is 20.7 Å². The Hall–Kier alpha value is -2.54. The van der Waals surface area contributed by atoms with E-state index in [1.54, 1.807) is 0 Å². The van der Waals surface area contributed by atoms with Crippen molar-refractivity contribution in [3.05, 3.63) is 52.2 Å². The molecule has 0 saturated heterocycles. The fourth-order valence-electron chi connectivity index (χ4n) is 2.77. The molecule has 3 rings (SSSR count). The molecular weight excluding hydrogens is 384 g/mol. The van der Waals surface area contributed by atoms with E-state index >= 15 is 0 Å². The molecule has 156 valence electrons. The van der Waals surface area contributed by atoms with Crippen LogP contribution >= 0.6 is 11.3 Å². The molecule has 0 atom stereocenters. The number of aliphatic imine (C=N–C) groups is 1. The van der Waals surface area contributed by atoms with Crippen molar-refractivity contribution in [3.63, 3.8) is 0 Å². The maximum Gasteiger partial charge on any atom is 0.261 e. The van der Waals surface area contributed by atoms with Gasteiger partial charge in [0.25, 0.3) is 5.91 Å². The smallest absolute Gasteiger partial charge is 0.261 e. The fraction of sp³-hybridized carbons (Fsp3) is 0.455. The lowest BCUT2D eigenvalue weighted by Crippen LogP contribution is -2.38. The van der Waals surface area contributed by atoms with Gasteiger partial charge in [-0.25, -0.2) is 4.99 Å². The van der Waals surface area contributed by atoms with Gasteiger partial charge in [0.2, 0.25) is 0 Å². The lowest BCUT2D eigenvalue weighted by atomic mass is 10.2. The van der Waals surface area contributed by atoms with Crippen LogP contribution in [0.3, 0.4) is 0 Å². The summed E-state index contributed by atoms with van der Waals surface area (Å²) in [4.78, 5) is 17.4. The van der Waals surface area contributed by atoms with Crippen molar-refractivity contribution >= 4 is 23.2 Å². The standard InChI is InChI=1S/C22H30N4O2S/c1-2-23-22(25-13-6-12-24-21(27)20-9-5-14-29-20)26-15-18-7-3-4-8-19(18)28-16-17-10-11-17/h3-5,7-9,14,17H,2,6,10-13,15-16H2,1H3,(H,24,27)(H2,23,25,26). The summed E-state index contributed by atoms with van der Waals surface area (Å²) in [6.07, 6.45) is 3.38. The molecular formula is C22H30N4O2S. The number of carbonyl (C=O) groups excluding carboxylic acids is 1. The van der Waals surface area contributed by atoms with Crippen LogP contribution in [0, 0.1) is 5.92 Å². The minimum Gasteiger partial charge on any atom is -0.493 e. The number of hydrogen-bond acceptors (Lipinski definition) is 4. The van der Waals surface area contributed by atoms with Crippen LogP contribution in [0.15, 0.2) is 46.8 Å². The highest BCUT2D eigenvalue weighted by Crippen LogP contribution is 2.30. The number of nitrogens with zero attached hydrogens (tertiary/aromatic N) is 1. The minimum absolute atomic E-state index is 0.0108. The zero-order valence-corrected chi connectivity index (χ0v) is 17.8. The van der Waals surface area contributed by atoms with Crippen molar-refractivity contribution in [3.8, 4) is 5.75 Å². The Kier molecular flexibility index (Phi) is 8.37. The second-order valence-electron chi connectivity index (χ2n) is 7.07. The van der Waals surface area contributed by atoms with Crippen LogP contribution in [0.5, 0.6) is 5.75 Å². The van der Waals surface area contributed by atoms with E-state index in [9.17, 15) is 4.79 Å². The molecule has 0 unspecified atom stereocenters. The molecule has 6 nitrogen and oxygen atoms in total. The van der Waals surface area contributed by atoms with Gasteiger partial charge in [-0.3, -0.25) is 4.79 Å². The van der Waals surface area contributed by atoms with E-state index in [0.29, 0.717) is 13.1 Å². The third-order valence-corrected chi connectivity index (χ3v) is 5.44. The highest BCUT2D eigenvalue weighted by Gasteiger charge is 2.22. The first-order chi connectivity index (χ1) is 14.3. The van der Waals surface area contributed by atoms with Crippen molar-refractivity contribution in [1.82, 2.24) is 16.0 Å². The van der Waals surface area contributed by atoms with Gasteiger partial charge in [-0.05, 0) is 49.6 Å². The number of carbonyl (C=O) groups is 1. The zero-order chi connectivity index (χ0) is 20.3. The summed E-state index contributed by atoms with van der Waals surface area (Å²) in [6.45, 7) is 5.56. The Bertz CT molecular complexity index is 788. The number of benzene rings is 1. The molecule has 0 spiro atoms. The predicted molar refractivity (Wildman–Crippen MR) is 119 cm³/mol. The van der Waals surface area contributed by atoms with Gasteiger partial charge in [0.15, 0.2) is 5.96 Å². The molecule has 0 radical (unpaired) electrons. The summed E-state index contributed by atoms with van der Waals surface area (Å²) in [7, 11) is 0. The predicted octanol–water partition coefficient (Wildman–Crippen LogP) is 3.41. The van der Waals surface area contributed by atoms with E-state index in [0.717, 1.165) is 54.2 Å². The number of amides is 1. The maximum absolute atomic E-state index is 11.9. The Morgan fingerprint density at radius 1 is 1.14 bits per heavy atom. The van der Waals surface area contributed by atoms with Crippen LogP contribution in [0.1, 0.15) is 41.4 Å². The summed E-state index contributed by atoms with van der Waals surface area (Å²) in [6, 6.07) is 11.8. The van der Waals surface area contributed by atoms with Gasteiger partial charge in [-0.15, -0.1) is 11.3 Å². The summed E-state index contributed by atoms with van der Waals surface area (Å²) < 4.78 is 5.97. The highest BCUT2D eigenvalue weighted by atomic mass is 32.1. The molecule has 0 bridgehead atoms. The number of thiophene rings is 1. The molecule has 1 amide bonds. The zero-order valence-electron chi connectivity index (χ0n) is 16.9. The minimum atomic E-state index is -0.0108. The third kappa shape index (κ3) is 7.42. The van der Waals surface area contributed by atoms with Crippen molar-refractivity contribution < 1.29 is 9.53 Å². The van der Waals surface area contributed by atoms with Crippen LogP contribution in [-0.2, 0) is 6.54 Å². The van der Waals surface area contributed by atoms with Crippen molar-refractivity contribution in [2.75, 3.05) is 26.2 Å². The molecule has 7 heteroatoms. The van der Waals surface area contributed by atoms with Crippen LogP contribution in [0.4, 0.5) is 0 Å². The van der Waals surface area contributed by atoms with E-state index in [-0.39, 0.29) is 5.91 Å². The molecule has 3 N–H and O–H groups in total. The average molecular weight is 415 g/mol. The van der Waals surface area contributed by atoms with E-state index in [2.05, 4.69) is 27.0 Å². The van der Waals surface area contributed by atoms with Gasteiger partial charge in [-0.1, -0.05) is 24.3 Å². The number of hydrogen-bond donors (Lipinski definition) is 3. The Morgan fingerprint density at radius 3 is 2.72 bits per heavy atom. The van der Waals surface area contributed by atoms with Gasteiger partial charge in [0.1, 0.15) is 5.75 Å². The van der Waals surface area contributed by atoms with E-state index in [4.69, 9.17) is 4.74 Å². The van der Waals surface area contributed by atoms with Gasteiger partial charge >= 0.3 is 0 Å². The highest BCUT2D eigenvalue weighted by molar-refractivity contribution is 7.12. The first-order valence-corrected chi connectivity index (χ1v) is 11.2. The Balaban J connectivity index is 1.42. The topological polar surface area (TPSA) is 74.8 Å². The maximum atomic E-state index is 11.9. The SMILES string of the molecule is CCNC(=NCc1ccccc1OCC1CC1)NCCCNC(=O)c1cccs1. The molecule has 1 aromatic carbocycles. The summed E-state index contributed by atoms with van der Waals surface area (Å²) in [5, 5.41) is 11.4. The summed E-state index contributed by atoms with van der Waals surface area (Å²) in [5.41, 5.74) is 1.09. The Morgan fingerprint density at radius 2 is 1.97 bits per heavy atom. The van der Waals surface area contributed by atoms with Crippen molar-refractivity contribution in [2.24, 2.45) is 10.9 Å². The fourth-order valence-corrected chi connectivity index (χ4v) is 3.41. The van der Waals surface area contributed by atoms with Gasteiger partial charge in [-0.2, -0.15) is 0 Å². The second kappa shape index (κ2) is 11.5. The lowest BCUT2D eigenvalue weighted by Gasteiger charge is -2.13. The monoisotopic (exact) mass is 414 g/mol. The van der Waals surface area contributed by atoms with Gasteiger partial charge in [0, 0.05) is 25.2 Å². The molecule has 0 aliphatic heterocycles. The summed E-state index contributed by atoms with van der Waals surface area (Å²) >= 11 is 1.45. The second-order valence-corrected chi connectivity index (χ2v) is 8.02. The van der Waals surface area contributed by atoms with Crippen molar-refractivity contribution in [1.29, 1.82) is 0 Å².